The highest BCUT2D eigenvalue weighted by molar-refractivity contribution is 6.04. The number of aryl methyl sites for hydroxylation is 1. The summed E-state index contributed by atoms with van der Waals surface area (Å²) >= 11 is 0. The van der Waals surface area contributed by atoms with E-state index in [1.54, 1.807) is 11.0 Å². The number of rotatable bonds is 3. The normalized spacial score (nSPS) is 17.0. The number of hydrogen-bond donors (Lipinski definition) is 2. The third kappa shape index (κ3) is 5.19. The van der Waals surface area contributed by atoms with Crippen molar-refractivity contribution in [2.45, 2.75) is 52.2 Å². The zero-order chi connectivity index (χ0) is 21.2. The minimum Gasteiger partial charge on any atom is -0.444 e. The zero-order valence-electron chi connectivity index (χ0n) is 17.6. The second-order valence-electron chi connectivity index (χ2n) is 8.68. The number of urea groups is 1. The van der Waals surface area contributed by atoms with Crippen LogP contribution < -0.4 is 10.6 Å². The number of amides is 4. The molecule has 2 saturated heterocycles. The topological polar surface area (TPSA) is 91.0 Å². The molecule has 2 N–H and O–H groups in total. The molecule has 1 aromatic carbocycles. The van der Waals surface area contributed by atoms with E-state index in [1.165, 1.54) is 0 Å². The highest BCUT2D eigenvalue weighted by atomic mass is 16.6. The molecule has 0 aromatic heterocycles. The van der Waals surface area contributed by atoms with Crippen LogP contribution in [-0.4, -0.2) is 65.7 Å². The molecule has 0 atom stereocenters. The van der Waals surface area contributed by atoms with Crippen molar-refractivity contribution >= 4 is 23.7 Å². The molecular weight excluding hydrogens is 372 g/mol. The van der Waals surface area contributed by atoms with Gasteiger partial charge in [-0.05, 0) is 52.2 Å². The summed E-state index contributed by atoms with van der Waals surface area (Å²) in [6, 6.07) is 4.90. The Bertz CT molecular complexity index is 790. The number of benzene rings is 1. The molecule has 4 amide bonds. The molecule has 8 nitrogen and oxygen atoms in total. The molecule has 0 aliphatic carbocycles. The van der Waals surface area contributed by atoms with Gasteiger partial charge in [0.15, 0.2) is 0 Å². The quantitative estimate of drug-likeness (QED) is 0.813. The van der Waals surface area contributed by atoms with Crippen LogP contribution in [0.1, 0.15) is 49.5 Å². The number of para-hydroxylation sites is 1. The Morgan fingerprint density at radius 1 is 1.07 bits per heavy atom. The fourth-order valence-corrected chi connectivity index (χ4v) is 3.48. The maximum Gasteiger partial charge on any atom is 0.410 e. The van der Waals surface area contributed by atoms with E-state index in [0.29, 0.717) is 24.3 Å². The van der Waals surface area contributed by atoms with Gasteiger partial charge in [0.05, 0.1) is 17.3 Å². The maximum atomic E-state index is 12.8. The first-order valence-corrected chi connectivity index (χ1v) is 10.1. The van der Waals surface area contributed by atoms with E-state index in [1.807, 2.05) is 44.7 Å². The van der Waals surface area contributed by atoms with Crippen molar-refractivity contribution in [3.63, 3.8) is 0 Å². The average molecular weight is 402 g/mol. The van der Waals surface area contributed by atoms with E-state index in [2.05, 4.69) is 10.6 Å². The van der Waals surface area contributed by atoms with Crippen molar-refractivity contribution in [3.05, 3.63) is 29.3 Å². The van der Waals surface area contributed by atoms with Crippen molar-refractivity contribution in [3.8, 4) is 0 Å². The molecular formula is C21H30N4O4. The number of carbonyl (C=O) groups is 3. The lowest BCUT2D eigenvalue weighted by atomic mass is 10.1. The largest absolute Gasteiger partial charge is 0.444 e. The van der Waals surface area contributed by atoms with Gasteiger partial charge in [0.25, 0.3) is 5.91 Å². The summed E-state index contributed by atoms with van der Waals surface area (Å²) in [5.74, 6) is -0.0544. The second-order valence-corrected chi connectivity index (χ2v) is 8.68. The van der Waals surface area contributed by atoms with Crippen LogP contribution in [0.4, 0.5) is 15.3 Å². The van der Waals surface area contributed by atoms with E-state index in [-0.39, 0.29) is 24.1 Å². The molecule has 0 bridgehead atoms. The van der Waals surface area contributed by atoms with Crippen LogP contribution in [0.25, 0.3) is 0 Å². The van der Waals surface area contributed by atoms with Crippen LogP contribution in [0.5, 0.6) is 0 Å². The Morgan fingerprint density at radius 3 is 2.34 bits per heavy atom. The van der Waals surface area contributed by atoms with Crippen molar-refractivity contribution < 1.29 is 19.1 Å². The first-order valence-electron chi connectivity index (χ1n) is 10.1. The SMILES string of the molecule is Cc1cccc(C(=O)N2CCCC2)c1NC(=O)NC1CN(C(=O)OC(C)(C)C)C1. The number of hydrogen-bond acceptors (Lipinski definition) is 4. The Labute approximate surface area is 171 Å². The number of carbonyl (C=O) groups excluding carboxylic acids is 3. The van der Waals surface area contributed by atoms with Crippen LogP contribution in [-0.2, 0) is 4.74 Å². The predicted molar refractivity (Wildman–Crippen MR) is 110 cm³/mol. The third-order valence-corrected chi connectivity index (χ3v) is 5.00. The van der Waals surface area contributed by atoms with Gasteiger partial charge in [-0.3, -0.25) is 4.79 Å². The van der Waals surface area contributed by atoms with Crippen molar-refractivity contribution in [2.24, 2.45) is 0 Å². The minimum absolute atomic E-state index is 0.0544. The van der Waals surface area contributed by atoms with E-state index in [4.69, 9.17) is 4.74 Å². The van der Waals surface area contributed by atoms with E-state index in [0.717, 1.165) is 31.5 Å². The summed E-state index contributed by atoms with van der Waals surface area (Å²) in [5, 5.41) is 5.68. The van der Waals surface area contributed by atoms with Crippen LogP contribution in [0, 0.1) is 6.92 Å². The minimum atomic E-state index is -0.546. The summed E-state index contributed by atoms with van der Waals surface area (Å²) < 4.78 is 5.31. The Morgan fingerprint density at radius 2 is 1.72 bits per heavy atom. The highest BCUT2D eigenvalue weighted by Crippen LogP contribution is 2.24. The van der Waals surface area contributed by atoms with Gasteiger partial charge in [-0.25, -0.2) is 9.59 Å². The van der Waals surface area contributed by atoms with Crippen LogP contribution in [0.3, 0.4) is 0 Å². The van der Waals surface area contributed by atoms with E-state index < -0.39 is 5.60 Å². The monoisotopic (exact) mass is 402 g/mol. The fraction of sp³-hybridized carbons (Fsp3) is 0.571. The number of ether oxygens (including phenoxy) is 1. The van der Waals surface area contributed by atoms with Gasteiger partial charge in [0, 0.05) is 26.2 Å². The third-order valence-electron chi connectivity index (χ3n) is 5.00. The Balaban J connectivity index is 1.56. The van der Waals surface area contributed by atoms with E-state index in [9.17, 15) is 14.4 Å². The van der Waals surface area contributed by atoms with Crippen LogP contribution >= 0.6 is 0 Å². The molecule has 29 heavy (non-hydrogen) atoms. The Hall–Kier alpha value is -2.77. The zero-order valence-corrected chi connectivity index (χ0v) is 17.6. The van der Waals surface area contributed by atoms with Crippen molar-refractivity contribution in [1.82, 2.24) is 15.1 Å². The smallest absolute Gasteiger partial charge is 0.410 e. The summed E-state index contributed by atoms with van der Waals surface area (Å²) in [6.45, 7) is 9.61. The molecule has 3 rings (SSSR count). The lowest BCUT2D eigenvalue weighted by molar-refractivity contribution is 0.00648. The van der Waals surface area contributed by atoms with E-state index >= 15 is 0 Å². The lowest BCUT2D eigenvalue weighted by Crippen LogP contribution is -2.62. The number of nitrogens with one attached hydrogen (secondary N) is 2. The second kappa shape index (κ2) is 8.31. The molecule has 8 heteroatoms. The summed E-state index contributed by atoms with van der Waals surface area (Å²) in [4.78, 5) is 40.7. The first-order chi connectivity index (χ1) is 13.6. The van der Waals surface area contributed by atoms with Gasteiger partial charge in [-0.2, -0.15) is 0 Å². The average Bonchev–Trinajstić information content (AvgIpc) is 3.11. The molecule has 0 spiro atoms. The van der Waals surface area contributed by atoms with Crippen LogP contribution in [0.15, 0.2) is 18.2 Å². The highest BCUT2D eigenvalue weighted by Gasteiger charge is 2.34. The van der Waals surface area contributed by atoms with Gasteiger partial charge >= 0.3 is 12.1 Å². The molecule has 0 saturated carbocycles. The van der Waals surface area contributed by atoms with Gasteiger partial charge < -0.3 is 25.2 Å². The molecule has 2 aliphatic rings. The summed E-state index contributed by atoms with van der Waals surface area (Å²) in [6.07, 6.45) is 1.64. The van der Waals surface area contributed by atoms with Crippen molar-refractivity contribution in [2.75, 3.05) is 31.5 Å². The molecule has 2 heterocycles. The molecule has 0 unspecified atom stereocenters. The first kappa shape index (κ1) is 21.0. The number of anilines is 1. The summed E-state index contributed by atoms with van der Waals surface area (Å²) in [7, 11) is 0. The molecule has 1 aromatic rings. The van der Waals surface area contributed by atoms with Gasteiger partial charge in [0.1, 0.15) is 5.60 Å². The molecule has 158 valence electrons. The summed E-state index contributed by atoms with van der Waals surface area (Å²) in [5.41, 5.74) is 1.32. The van der Waals surface area contributed by atoms with Gasteiger partial charge in [-0.1, -0.05) is 12.1 Å². The van der Waals surface area contributed by atoms with Gasteiger partial charge in [0.2, 0.25) is 0 Å². The lowest BCUT2D eigenvalue weighted by Gasteiger charge is -2.39. The predicted octanol–water partition coefficient (Wildman–Crippen LogP) is 2.97. The molecule has 2 aliphatic heterocycles. The molecule has 2 fully saturated rings. The number of nitrogens with zero attached hydrogens (tertiary/aromatic N) is 2. The maximum absolute atomic E-state index is 12.8. The standard InChI is InChI=1S/C21H30N4O4/c1-14-8-7-9-16(18(26)24-10-5-6-11-24)17(14)23-19(27)22-15-12-25(13-15)20(28)29-21(2,3)4/h7-9,15H,5-6,10-13H2,1-4H3,(H2,22,23,27). The number of likely N-dealkylation sites (tertiary alicyclic amines) is 2. The van der Waals surface area contributed by atoms with Crippen LogP contribution in [0.2, 0.25) is 0 Å². The fourth-order valence-electron chi connectivity index (χ4n) is 3.48. The Kier molecular flexibility index (Phi) is 6.00. The van der Waals surface area contributed by atoms with Gasteiger partial charge in [-0.15, -0.1) is 0 Å². The molecule has 0 radical (unpaired) electrons. The van der Waals surface area contributed by atoms with Crippen molar-refractivity contribution in [1.29, 1.82) is 0 Å².